The van der Waals surface area contributed by atoms with Crippen molar-refractivity contribution in [2.45, 2.75) is 6.54 Å². The third-order valence-electron chi connectivity index (χ3n) is 2.99. The molecular weight excluding hydrogens is 410 g/mol. The second kappa shape index (κ2) is 4.81. The summed E-state index contributed by atoms with van der Waals surface area (Å²) in [6, 6.07) is 0. The highest BCUT2D eigenvalue weighted by atomic mass is 79.9. The highest BCUT2D eigenvalue weighted by Gasteiger charge is 2.31. The third-order valence-corrected chi connectivity index (χ3v) is 4.91. The summed E-state index contributed by atoms with van der Waals surface area (Å²) < 4.78 is 1.04. The molecule has 0 atom stereocenters. The fraction of sp³-hybridized carbons (Fsp3) is 0.0909. The topological polar surface area (TPSA) is 134 Å². The van der Waals surface area contributed by atoms with Crippen LogP contribution in [0.3, 0.4) is 0 Å². The van der Waals surface area contributed by atoms with Crippen molar-refractivity contribution in [3.8, 4) is 11.1 Å². The average Bonchev–Trinajstić information content (AvgIpc) is 2.63. The molecule has 21 heavy (non-hydrogen) atoms. The summed E-state index contributed by atoms with van der Waals surface area (Å²) in [6.45, 7) is 0.0632. The Bertz CT molecular complexity index is 802. The van der Waals surface area contributed by atoms with E-state index in [-0.39, 0.29) is 35.4 Å². The van der Waals surface area contributed by atoms with Gasteiger partial charge < -0.3 is 21.1 Å². The molecule has 0 radical (unpaired) electrons. The summed E-state index contributed by atoms with van der Waals surface area (Å²) >= 11 is 6.59. The maximum atomic E-state index is 12.1. The SMILES string of the molecule is Nc1nc2c(c(C(=O)O)n1)-c1c([nH]c(Br)c1Br)C(=O)NC2. The number of H-pyrrole nitrogens is 1. The Morgan fingerprint density at radius 2 is 2.00 bits per heavy atom. The molecule has 1 aliphatic rings. The monoisotopic (exact) mass is 415 g/mol. The molecule has 2 aromatic heterocycles. The lowest BCUT2D eigenvalue weighted by Crippen LogP contribution is -2.22. The predicted octanol–water partition coefficient (Wildman–Crippen LogP) is 1.52. The Labute approximate surface area is 134 Å². The van der Waals surface area contributed by atoms with Gasteiger partial charge in [-0.15, -0.1) is 0 Å². The smallest absolute Gasteiger partial charge is 0.355 e. The number of aromatic carboxylic acids is 1. The first-order valence-electron chi connectivity index (χ1n) is 5.65. The summed E-state index contributed by atoms with van der Waals surface area (Å²) in [6.07, 6.45) is 0. The molecule has 0 bridgehead atoms. The number of carbonyl (C=O) groups excluding carboxylic acids is 1. The number of fused-ring (bicyclic) bond motifs is 3. The Balaban J connectivity index is 2.45. The molecule has 0 spiro atoms. The fourth-order valence-corrected chi connectivity index (χ4v) is 3.07. The molecule has 10 heteroatoms. The van der Waals surface area contributed by atoms with Gasteiger partial charge in [-0.3, -0.25) is 4.79 Å². The van der Waals surface area contributed by atoms with Crippen molar-refractivity contribution in [2.75, 3.05) is 5.73 Å². The average molecular weight is 417 g/mol. The minimum Gasteiger partial charge on any atom is -0.476 e. The van der Waals surface area contributed by atoms with Crippen molar-refractivity contribution in [1.29, 1.82) is 0 Å². The van der Waals surface area contributed by atoms with Gasteiger partial charge in [-0.2, -0.15) is 0 Å². The van der Waals surface area contributed by atoms with Crippen molar-refractivity contribution >= 4 is 49.7 Å². The van der Waals surface area contributed by atoms with E-state index in [2.05, 4.69) is 52.1 Å². The van der Waals surface area contributed by atoms with E-state index in [1.54, 1.807) is 0 Å². The number of hydrogen-bond acceptors (Lipinski definition) is 5. The van der Waals surface area contributed by atoms with Crippen molar-refractivity contribution in [1.82, 2.24) is 20.3 Å². The number of carboxylic acids is 1. The Morgan fingerprint density at radius 3 is 2.67 bits per heavy atom. The number of nitrogens with zero attached hydrogens (tertiary/aromatic N) is 2. The maximum absolute atomic E-state index is 12.1. The minimum atomic E-state index is -1.25. The molecule has 1 aliphatic heterocycles. The van der Waals surface area contributed by atoms with Gasteiger partial charge in [-0.1, -0.05) is 0 Å². The molecule has 1 amide bonds. The van der Waals surface area contributed by atoms with Crippen LogP contribution in [0.15, 0.2) is 9.08 Å². The standard InChI is InChI=1S/C11H7Br2N5O3/c12-5-4-3-2(16-11(14)18-7(3)10(20)21)1-15-9(19)6(4)17-8(5)13/h17H,1H2,(H,15,19)(H,20,21)(H2,14,16,18). The lowest BCUT2D eigenvalue weighted by Gasteiger charge is -2.09. The molecule has 0 aliphatic carbocycles. The Morgan fingerprint density at radius 1 is 1.29 bits per heavy atom. The van der Waals surface area contributed by atoms with Crippen molar-refractivity contribution in [2.24, 2.45) is 0 Å². The molecule has 2 aromatic rings. The fourth-order valence-electron chi connectivity index (χ4n) is 2.18. The first-order chi connectivity index (χ1) is 9.90. The van der Waals surface area contributed by atoms with Gasteiger partial charge in [0.1, 0.15) is 5.69 Å². The molecule has 0 saturated heterocycles. The molecule has 5 N–H and O–H groups in total. The van der Waals surface area contributed by atoms with Crippen molar-refractivity contribution < 1.29 is 14.7 Å². The van der Waals surface area contributed by atoms with E-state index in [1.807, 2.05) is 0 Å². The van der Waals surface area contributed by atoms with E-state index in [0.717, 1.165) is 0 Å². The first-order valence-corrected chi connectivity index (χ1v) is 7.24. The van der Waals surface area contributed by atoms with E-state index in [0.29, 0.717) is 20.3 Å². The van der Waals surface area contributed by atoms with Gasteiger partial charge in [0.2, 0.25) is 5.95 Å². The van der Waals surface area contributed by atoms with E-state index in [1.165, 1.54) is 0 Å². The van der Waals surface area contributed by atoms with Crippen LogP contribution in [0.5, 0.6) is 0 Å². The molecule has 108 valence electrons. The van der Waals surface area contributed by atoms with Crippen molar-refractivity contribution in [3.63, 3.8) is 0 Å². The molecular formula is C11H7Br2N5O3. The van der Waals surface area contributed by atoms with Crippen LogP contribution in [0.1, 0.15) is 26.7 Å². The number of hydrogen-bond donors (Lipinski definition) is 4. The quantitative estimate of drug-likeness (QED) is 0.556. The van der Waals surface area contributed by atoms with E-state index in [9.17, 15) is 14.7 Å². The lowest BCUT2D eigenvalue weighted by atomic mass is 10.0. The van der Waals surface area contributed by atoms with Gasteiger partial charge in [-0.25, -0.2) is 14.8 Å². The molecule has 3 heterocycles. The zero-order valence-electron chi connectivity index (χ0n) is 10.2. The summed E-state index contributed by atoms with van der Waals surface area (Å²) in [4.78, 5) is 34.2. The number of aromatic amines is 1. The molecule has 0 saturated carbocycles. The van der Waals surface area contributed by atoms with Crippen LogP contribution in [-0.2, 0) is 6.54 Å². The summed E-state index contributed by atoms with van der Waals surface area (Å²) in [5, 5.41) is 12.0. The number of rotatable bonds is 1. The molecule has 0 unspecified atom stereocenters. The molecule has 8 nitrogen and oxygen atoms in total. The van der Waals surface area contributed by atoms with Crippen LogP contribution in [0, 0.1) is 0 Å². The van der Waals surface area contributed by atoms with E-state index < -0.39 is 5.97 Å². The summed E-state index contributed by atoms with van der Waals surface area (Å²) in [7, 11) is 0. The number of amides is 1. The predicted molar refractivity (Wildman–Crippen MR) is 79.8 cm³/mol. The van der Waals surface area contributed by atoms with E-state index in [4.69, 9.17) is 5.73 Å². The van der Waals surface area contributed by atoms with Crippen LogP contribution in [0.25, 0.3) is 11.1 Å². The number of aromatic nitrogens is 3. The third kappa shape index (κ3) is 2.10. The van der Waals surface area contributed by atoms with Crippen LogP contribution in [0.4, 0.5) is 5.95 Å². The number of nitrogens with one attached hydrogen (secondary N) is 2. The second-order valence-corrected chi connectivity index (χ2v) is 5.83. The summed E-state index contributed by atoms with van der Waals surface area (Å²) in [5.74, 6) is -1.77. The number of nitrogens with two attached hydrogens (primary N) is 1. The number of halogens is 2. The number of anilines is 1. The van der Waals surface area contributed by atoms with Gasteiger partial charge >= 0.3 is 5.97 Å². The summed E-state index contributed by atoms with van der Waals surface area (Å²) in [5.41, 5.74) is 6.52. The zero-order chi connectivity index (χ0) is 15.3. The second-order valence-electron chi connectivity index (χ2n) is 4.24. The molecule has 0 aromatic carbocycles. The largest absolute Gasteiger partial charge is 0.476 e. The number of carbonyl (C=O) groups is 2. The van der Waals surface area contributed by atoms with Crippen molar-refractivity contribution in [3.05, 3.63) is 26.2 Å². The first kappa shape index (κ1) is 14.0. The highest BCUT2D eigenvalue weighted by Crippen LogP contribution is 2.41. The van der Waals surface area contributed by atoms with Crippen LogP contribution < -0.4 is 11.1 Å². The van der Waals surface area contributed by atoms with Gasteiger partial charge in [0.25, 0.3) is 5.91 Å². The van der Waals surface area contributed by atoms with Gasteiger partial charge in [-0.05, 0) is 31.9 Å². The van der Waals surface area contributed by atoms with Crippen LogP contribution in [-0.4, -0.2) is 31.9 Å². The zero-order valence-corrected chi connectivity index (χ0v) is 13.4. The highest BCUT2D eigenvalue weighted by molar-refractivity contribution is 9.13. The van der Waals surface area contributed by atoms with Crippen LogP contribution >= 0.6 is 31.9 Å². The molecule has 3 rings (SSSR count). The minimum absolute atomic E-state index is 0.0632. The Hall–Kier alpha value is -1.94. The normalized spacial score (nSPS) is 13.1. The molecule has 0 fully saturated rings. The Kier molecular flexibility index (Phi) is 3.21. The van der Waals surface area contributed by atoms with Crippen LogP contribution in [0.2, 0.25) is 0 Å². The maximum Gasteiger partial charge on any atom is 0.355 e. The van der Waals surface area contributed by atoms with Gasteiger partial charge in [0.05, 0.1) is 21.3 Å². The van der Waals surface area contributed by atoms with Gasteiger partial charge in [0.15, 0.2) is 5.69 Å². The van der Waals surface area contributed by atoms with Gasteiger partial charge in [0, 0.05) is 11.1 Å². The number of carboxylic acid groups (broad SMARTS) is 1. The lowest BCUT2D eigenvalue weighted by molar-refractivity contribution is 0.0691. The van der Waals surface area contributed by atoms with E-state index >= 15 is 0 Å². The number of nitrogen functional groups attached to an aromatic ring is 1.